The second-order valence-electron chi connectivity index (χ2n) is 8.25. The van der Waals surface area contributed by atoms with Gasteiger partial charge >= 0.3 is 0 Å². The van der Waals surface area contributed by atoms with Crippen LogP contribution in [0.2, 0.25) is 0 Å². The number of allylic oxidation sites excluding steroid dienone is 1. The van der Waals surface area contributed by atoms with E-state index >= 15 is 0 Å². The maximum atomic E-state index is 13.9. The van der Waals surface area contributed by atoms with Crippen molar-refractivity contribution in [2.45, 2.75) is 30.0 Å². The van der Waals surface area contributed by atoms with E-state index in [9.17, 15) is 4.79 Å². The molecular formula is C27H23NOS. The number of aromatic nitrogens is 1. The zero-order valence-corrected chi connectivity index (χ0v) is 17.9. The lowest BCUT2D eigenvalue weighted by Crippen LogP contribution is -2.20. The largest absolute Gasteiger partial charge is 0.333 e. The van der Waals surface area contributed by atoms with Crippen LogP contribution < -0.4 is 0 Å². The highest BCUT2D eigenvalue weighted by Gasteiger charge is 2.30. The summed E-state index contributed by atoms with van der Waals surface area (Å²) in [5.74, 6) is 0.0861. The SMILES string of the molecule is CC1(C)C=C(C(=O)c2cc3ccccc3n2Cc2ccccc2)c2ccccc2S1. The van der Waals surface area contributed by atoms with E-state index in [0.717, 1.165) is 27.7 Å². The lowest BCUT2D eigenvalue weighted by Gasteiger charge is -2.28. The van der Waals surface area contributed by atoms with Gasteiger partial charge in [0.25, 0.3) is 0 Å². The molecule has 1 aliphatic rings. The van der Waals surface area contributed by atoms with Crippen LogP contribution in [0, 0.1) is 0 Å². The van der Waals surface area contributed by atoms with Crippen LogP contribution in [-0.2, 0) is 6.54 Å². The first kappa shape index (κ1) is 19.0. The molecule has 1 aliphatic heterocycles. The smallest absolute Gasteiger partial charge is 0.209 e. The van der Waals surface area contributed by atoms with E-state index in [2.05, 4.69) is 60.9 Å². The standard InChI is InChI=1S/C27H23NOS/c1-27(2)17-22(21-13-7-9-15-25(21)30-27)26(29)24-16-20-12-6-8-14-23(20)28(24)18-19-10-4-3-5-11-19/h3-17H,18H2,1-2H3. The van der Waals surface area contributed by atoms with E-state index in [-0.39, 0.29) is 10.5 Å². The Hall–Kier alpha value is -3.04. The molecule has 3 heteroatoms. The molecule has 0 aliphatic carbocycles. The normalized spacial score (nSPS) is 14.9. The summed E-state index contributed by atoms with van der Waals surface area (Å²) >= 11 is 1.81. The third kappa shape index (κ3) is 3.40. The second-order valence-corrected chi connectivity index (χ2v) is 9.95. The van der Waals surface area contributed by atoms with Gasteiger partial charge in [-0.1, -0.05) is 72.8 Å². The minimum atomic E-state index is -0.129. The molecule has 0 radical (unpaired) electrons. The van der Waals surface area contributed by atoms with E-state index < -0.39 is 0 Å². The third-order valence-corrected chi connectivity index (χ3v) is 6.73. The van der Waals surface area contributed by atoms with E-state index in [1.807, 2.05) is 48.5 Å². The van der Waals surface area contributed by atoms with Crippen molar-refractivity contribution < 1.29 is 4.79 Å². The summed E-state index contributed by atoms with van der Waals surface area (Å²) in [4.78, 5) is 15.1. The highest BCUT2D eigenvalue weighted by Crippen LogP contribution is 2.45. The minimum Gasteiger partial charge on any atom is -0.333 e. The summed E-state index contributed by atoms with van der Waals surface area (Å²) in [5.41, 5.74) is 4.84. The van der Waals surface area contributed by atoms with Gasteiger partial charge in [0.05, 0.1) is 5.69 Å². The third-order valence-electron chi connectivity index (χ3n) is 5.51. The highest BCUT2D eigenvalue weighted by molar-refractivity contribution is 8.01. The molecule has 0 atom stereocenters. The molecule has 0 fully saturated rings. The zero-order chi connectivity index (χ0) is 20.7. The number of fused-ring (bicyclic) bond motifs is 2. The lowest BCUT2D eigenvalue weighted by molar-refractivity contribution is 0.104. The summed E-state index contributed by atoms with van der Waals surface area (Å²) in [6, 6.07) is 28.8. The predicted molar refractivity (Wildman–Crippen MR) is 126 cm³/mol. The number of benzene rings is 3. The van der Waals surface area contributed by atoms with Crippen molar-refractivity contribution >= 4 is 34.0 Å². The number of carbonyl (C=O) groups excluding carboxylic acids is 1. The van der Waals surface area contributed by atoms with Gasteiger partial charge in [-0.2, -0.15) is 0 Å². The van der Waals surface area contributed by atoms with Gasteiger partial charge in [0.15, 0.2) is 0 Å². The summed E-state index contributed by atoms with van der Waals surface area (Å²) in [5, 5.41) is 1.09. The Morgan fingerprint density at radius 1 is 0.900 bits per heavy atom. The Bertz CT molecular complexity index is 1280. The summed E-state index contributed by atoms with van der Waals surface area (Å²) in [6.45, 7) is 5.00. The predicted octanol–water partition coefficient (Wildman–Crippen LogP) is 6.84. The molecule has 3 aromatic carbocycles. The Morgan fingerprint density at radius 2 is 1.60 bits per heavy atom. The van der Waals surface area contributed by atoms with Crippen molar-refractivity contribution in [3.63, 3.8) is 0 Å². The molecule has 148 valence electrons. The summed E-state index contributed by atoms with van der Waals surface area (Å²) in [7, 11) is 0. The number of hydrogen-bond donors (Lipinski definition) is 0. The number of rotatable bonds is 4. The van der Waals surface area contributed by atoms with Crippen molar-refractivity contribution in [1.29, 1.82) is 0 Å². The number of hydrogen-bond acceptors (Lipinski definition) is 2. The van der Waals surface area contributed by atoms with E-state index in [1.54, 1.807) is 11.8 Å². The molecule has 0 spiro atoms. The first-order chi connectivity index (χ1) is 14.5. The molecule has 4 aromatic rings. The molecule has 0 amide bonds. The van der Waals surface area contributed by atoms with Crippen LogP contribution in [0.4, 0.5) is 0 Å². The molecular weight excluding hydrogens is 386 g/mol. The van der Waals surface area contributed by atoms with Crippen molar-refractivity contribution in [3.8, 4) is 0 Å². The molecule has 0 bridgehead atoms. The fourth-order valence-corrected chi connectivity index (χ4v) is 5.36. The monoisotopic (exact) mass is 409 g/mol. The number of carbonyl (C=O) groups is 1. The van der Waals surface area contributed by atoms with Crippen LogP contribution in [0.3, 0.4) is 0 Å². The fourth-order valence-electron chi connectivity index (χ4n) is 4.18. The lowest BCUT2D eigenvalue weighted by atomic mass is 9.95. The molecule has 2 heterocycles. The summed E-state index contributed by atoms with van der Waals surface area (Å²) in [6.07, 6.45) is 2.13. The van der Waals surface area contributed by atoms with Crippen molar-refractivity contribution in [2.75, 3.05) is 0 Å². The van der Waals surface area contributed by atoms with Crippen LogP contribution in [0.15, 0.2) is 95.9 Å². The average Bonchev–Trinajstić information content (AvgIpc) is 3.11. The number of nitrogens with zero attached hydrogens (tertiary/aromatic N) is 1. The quantitative estimate of drug-likeness (QED) is 0.344. The van der Waals surface area contributed by atoms with Gasteiger partial charge in [-0.05, 0) is 43.2 Å². The molecule has 0 N–H and O–H groups in total. The van der Waals surface area contributed by atoms with E-state index in [4.69, 9.17) is 0 Å². The average molecular weight is 410 g/mol. The van der Waals surface area contributed by atoms with Crippen molar-refractivity contribution in [1.82, 2.24) is 4.57 Å². The number of thioether (sulfide) groups is 1. The molecule has 0 unspecified atom stereocenters. The van der Waals surface area contributed by atoms with Gasteiger partial charge in [-0.3, -0.25) is 4.79 Å². The number of ketones is 1. The second kappa shape index (κ2) is 7.33. The molecule has 30 heavy (non-hydrogen) atoms. The van der Waals surface area contributed by atoms with Crippen LogP contribution in [0.5, 0.6) is 0 Å². The van der Waals surface area contributed by atoms with Crippen LogP contribution in [0.1, 0.15) is 35.5 Å². The van der Waals surface area contributed by atoms with E-state index in [1.165, 1.54) is 10.5 Å². The highest BCUT2D eigenvalue weighted by atomic mass is 32.2. The molecule has 0 saturated heterocycles. The molecule has 5 rings (SSSR count). The van der Waals surface area contributed by atoms with Gasteiger partial charge in [0.1, 0.15) is 0 Å². The van der Waals surface area contributed by atoms with Gasteiger partial charge < -0.3 is 4.57 Å². The van der Waals surface area contributed by atoms with Gasteiger partial charge in [-0.25, -0.2) is 0 Å². The Labute approximate surface area is 181 Å². The van der Waals surface area contributed by atoms with Crippen LogP contribution >= 0.6 is 11.8 Å². The maximum absolute atomic E-state index is 13.9. The first-order valence-electron chi connectivity index (χ1n) is 10.2. The van der Waals surface area contributed by atoms with Crippen molar-refractivity contribution in [3.05, 3.63) is 108 Å². The fraction of sp³-hybridized carbons (Fsp3) is 0.148. The Balaban J connectivity index is 1.67. The number of para-hydroxylation sites is 1. The zero-order valence-electron chi connectivity index (χ0n) is 17.1. The topological polar surface area (TPSA) is 22.0 Å². The van der Waals surface area contributed by atoms with Gasteiger partial charge in [-0.15, -0.1) is 11.8 Å². The minimum absolute atomic E-state index is 0.0861. The first-order valence-corrected chi connectivity index (χ1v) is 11.0. The van der Waals surface area contributed by atoms with Gasteiger partial charge in [0.2, 0.25) is 5.78 Å². The molecule has 2 nitrogen and oxygen atoms in total. The molecule has 1 aromatic heterocycles. The molecule has 0 saturated carbocycles. The van der Waals surface area contributed by atoms with Crippen LogP contribution in [0.25, 0.3) is 16.5 Å². The van der Waals surface area contributed by atoms with E-state index in [0.29, 0.717) is 6.54 Å². The number of Topliss-reactive ketones (excluding diaryl/α,β-unsaturated/α-hetero) is 1. The van der Waals surface area contributed by atoms with Crippen molar-refractivity contribution in [2.24, 2.45) is 0 Å². The summed E-state index contributed by atoms with van der Waals surface area (Å²) < 4.78 is 2.03. The maximum Gasteiger partial charge on any atom is 0.209 e. The Kier molecular flexibility index (Phi) is 4.63. The Morgan fingerprint density at radius 3 is 2.43 bits per heavy atom. The van der Waals surface area contributed by atoms with Crippen LogP contribution in [-0.4, -0.2) is 15.1 Å². The van der Waals surface area contributed by atoms with Gasteiger partial charge in [0, 0.05) is 32.7 Å².